The van der Waals surface area contributed by atoms with Crippen molar-refractivity contribution in [2.75, 3.05) is 26.4 Å². The van der Waals surface area contributed by atoms with Gasteiger partial charge in [0.05, 0.1) is 12.7 Å². The second kappa shape index (κ2) is 8.82. The van der Waals surface area contributed by atoms with Gasteiger partial charge in [0.25, 0.3) is 5.91 Å². The summed E-state index contributed by atoms with van der Waals surface area (Å²) in [5.74, 6) is -0.967. The lowest BCUT2D eigenvalue weighted by molar-refractivity contribution is -0.124. The molecule has 1 aliphatic heterocycles. The average Bonchev–Trinajstić information content (AvgIpc) is 3.30. The van der Waals surface area contributed by atoms with Crippen molar-refractivity contribution in [3.63, 3.8) is 0 Å². The summed E-state index contributed by atoms with van der Waals surface area (Å²) in [6, 6.07) is 7.32. The lowest BCUT2D eigenvalue weighted by Gasteiger charge is -2.10. The fraction of sp³-hybridized carbons (Fsp3) is 0.474. The molecule has 2 heterocycles. The Bertz CT molecular complexity index is 762. The fourth-order valence-electron chi connectivity index (χ4n) is 2.89. The van der Waals surface area contributed by atoms with E-state index in [0.717, 1.165) is 24.8 Å². The number of nitrogens with one attached hydrogen (secondary N) is 1. The first-order valence-corrected chi connectivity index (χ1v) is 8.82. The average molecular weight is 361 g/mol. The van der Waals surface area contributed by atoms with E-state index in [4.69, 9.17) is 18.6 Å². The highest BCUT2D eigenvalue weighted by Crippen LogP contribution is 2.27. The van der Waals surface area contributed by atoms with Crippen LogP contribution in [0.2, 0.25) is 0 Å². The van der Waals surface area contributed by atoms with Gasteiger partial charge in [-0.15, -0.1) is 0 Å². The van der Waals surface area contributed by atoms with Crippen LogP contribution in [0.5, 0.6) is 0 Å². The molecule has 1 aromatic heterocycles. The first kappa shape index (κ1) is 18.4. The van der Waals surface area contributed by atoms with Crippen LogP contribution in [0.3, 0.4) is 0 Å². The molecule has 0 bridgehead atoms. The van der Waals surface area contributed by atoms with Crippen LogP contribution in [0, 0.1) is 0 Å². The van der Waals surface area contributed by atoms with Gasteiger partial charge in [0.1, 0.15) is 5.58 Å². The van der Waals surface area contributed by atoms with Gasteiger partial charge < -0.3 is 23.9 Å². The summed E-state index contributed by atoms with van der Waals surface area (Å²) in [5.41, 5.74) is 1.21. The Morgan fingerprint density at radius 1 is 1.31 bits per heavy atom. The summed E-state index contributed by atoms with van der Waals surface area (Å²) >= 11 is 0. The largest absolute Gasteiger partial charge is 0.450 e. The number of fused-ring (bicyclic) bond motifs is 1. The van der Waals surface area contributed by atoms with Gasteiger partial charge in [-0.3, -0.25) is 4.79 Å². The topological polar surface area (TPSA) is 87.0 Å². The third-order valence-electron chi connectivity index (χ3n) is 4.22. The number of furan rings is 1. The van der Waals surface area contributed by atoms with Crippen molar-refractivity contribution in [1.29, 1.82) is 0 Å². The van der Waals surface area contributed by atoms with Crippen molar-refractivity contribution in [3.8, 4) is 0 Å². The molecule has 0 saturated carbocycles. The lowest BCUT2D eigenvalue weighted by Crippen LogP contribution is -2.34. The molecule has 0 radical (unpaired) electrons. The van der Waals surface area contributed by atoms with Gasteiger partial charge in [0.15, 0.2) is 6.61 Å². The summed E-state index contributed by atoms with van der Waals surface area (Å²) in [5, 5.41) is 3.51. The van der Waals surface area contributed by atoms with E-state index in [2.05, 4.69) is 5.32 Å². The third-order valence-corrected chi connectivity index (χ3v) is 4.22. The Kier molecular flexibility index (Phi) is 6.25. The first-order valence-electron chi connectivity index (χ1n) is 8.82. The molecule has 7 nitrogen and oxygen atoms in total. The second-order valence-corrected chi connectivity index (χ2v) is 6.06. The molecule has 1 aromatic carbocycles. The second-order valence-electron chi connectivity index (χ2n) is 6.06. The Morgan fingerprint density at radius 3 is 2.92 bits per heavy atom. The number of hydrogen-bond acceptors (Lipinski definition) is 6. The number of ether oxygens (including phenoxy) is 3. The zero-order valence-corrected chi connectivity index (χ0v) is 14.8. The van der Waals surface area contributed by atoms with Crippen LogP contribution in [-0.4, -0.2) is 44.3 Å². The number of rotatable bonds is 8. The Balaban J connectivity index is 1.60. The molecule has 0 unspecified atom stereocenters. The maximum Gasteiger partial charge on any atom is 0.375 e. The van der Waals surface area contributed by atoms with E-state index < -0.39 is 5.97 Å². The summed E-state index contributed by atoms with van der Waals surface area (Å²) in [6.07, 6.45) is 1.98. The molecule has 1 amide bonds. The molecular formula is C19H23NO6. The van der Waals surface area contributed by atoms with E-state index in [1.165, 1.54) is 0 Å². The van der Waals surface area contributed by atoms with E-state index in [1.807, 2.05) is 25.1 Å². The molecule has 0 spiro atoms. The molecule has 3 rings (SSSR count). The molecule has 1 aliphatic rings. The quantitative estimate of drug-likeness (QED) is 0.727. The van der Waals surface area contributed by atoms with E-state index in [0.29, 0.717) is 24.3 Å². The van der Waals surface area contributed by atoms with E-state index in [9.17, 15) is 9.59 Å². The van der Waals surface area contributed by atoms with Crippen LogP contribution in [-0.2, 0) is 25.6 Å². The van der Waals surface area contributed by atoms with Crippen LogP contribution in [0.1, 0.15) is 35.9 Å². The SMILES string of the molecule is CCOCc1c(C(=O)OCC(=O)NC[C@H]2CCCO2)oc2ccccc12. The van der Waals surface area contributed by atoms with Gasteiger partial charge in [0.2, 0.25) is 5.76 Å². The first-order chi connectivity index (χ1) is 12.7. The summed E-state index contributed by atoms with van der Waals surface area (Å²) in [4.78, 5) is 24.3. The molecular weight excluding hydrogens is 338 g/mol. The van der Waals surface area contributed by atoms with Crippen LogP contribution in [0.15, 0.2) is 28.7 Å². The Morgan fingerprint density at radius 2 is 2.15 bits per heavy atom. The Labute approximate surface area is 151 Å². The van der Waals surface area contributed by atoms with Gasteiger partial charge in [0, 0.05) is 30.7 Å². The molecule has 1 fully saturated rings. The third kappa shape index (κ3) is 4.42. The zero-order valence-electron chi connectivity index (χ0n) is 14.8. The monoisotopic (exact) mass is 361 g/mol. The maximum absolute atomic E-state index is 12.4. The van der Waals surface area contributed by atoms with Gasteiger partial charge >= 0.3 is 5.97 Å². The molecule has 26 heavy (non-hydrogen) atoms. The van der Waals surface area contributed by atoms with Gasteiger partial charge in [-0.1, -0.05) is 18.2 Å². The van der Waals surface area contributed by atoms with E-state index >= 15 is 0 Å². The summed E-state index contributed by atoms with van der Waals surface area (Å²) in [7, 11) is 0. The number of benzene rings is 1. The van der Waals surface area contributed by atoms with Gasteiger partial charge in [-0.25, -0.2) is 4.79 Å². The van der Waals surface area contributed by atoms with Crippen LogP contribution >= 0.6 is 0 Å². The fourth-order valence-corrected chi connectivity index (χ4v) is 2.89. The smallest absolute Gasteiger partial charge is 0.375 e. The predicted molar refractivity (Wildman–Crippen MR) is 93.8 cm³/mol. The highest BCUT2D eigenvalue weighted by Gasteiger charge is 2.23. The molecule has 1 saturated heterocycles. The molecule has 0 aliphatic carbocycles. The number of para-hydroxylation sites is 1. The normalized spacial score (nSPS) is 16.7. The van der Waals surface area contributed by atoms with Crippen molar-refractivity contribution >= 4 is 22.8 Å². The summed E-state index contributed by atoms with van der Waals surface area (Å²) in [6.45, 7) is 3.42. The maximum atomic E-state index is 12.4. The van der Waals surface area contributed by atoms with Crippen LogP contribution in [0.25, 0.3) is 11.0 Å². The summed E-state index contributed by atoms with van der Waals surface area (Å²) < 4.78 is 21.6. The minimum Gasteiger partial charge on any atom is -0.450 e. The Hall–Kier alpha value is -2.38. The van der Waals surface area contributed by atoms with Crippen LogP contribution in [0.4, 0.5) is 0 Å². The highest BCUT2D eigenvalue weighted by molar-refractivity contribution is 5.96. The molecule has 1 N–H and O–H groups in total. The number of hydrogen-bond donors (Lipinski definition) is 1. The van der Waals surface area contributed by atoms with Gasteiger partial charge in [-0.05, 0) is 25.8 Å². The molecule has 7 heteroatoms. The van der Waals surface area contributed by atoms with Crippen molar-refractivity contribution in [2.24, 2.45) is 0 Å². The van der Waals surface area contributed by atoms with Crippen molar-refractivity contribution < 1.29 is 28.2 Å². The predicted octanol–water partition coefficient (Wildman–Crippen LogP) is 2.42. The minimum absolute atomic E-state index is 0.0443. The van der Waals surface area contributed by atoms with Gasteiger partial charge in [-0.2, -0.15) is 0 Å². The number of amides is 1. The minimum atomic E-state index is -0.678. The van der Waals surface area contributed by atoms with E-state index in [1.54, 1.807) is 6.07 Å². The van der Waals surface area contributed by atoms with E-state index in [-0.39, 0.29) is 31.0 Å². The van der Waals surface area contributed by atoms with Crippen molar-refractivity contribution in [2.45, 2.75) is 32.5 Å². The number of esters is 1. The molecule has 140 valence electrons. The van der Waals surface area contributed by atoms with Crippen molar-refractivity contribution in [3.05, 3.63) is 35.6 Å². The van der Waals surface area contributed by atoms with Crippen molar-refractivity contribution in [1.82, 2.24) is 5.32 Å². The highest BCUT2D eigenvalue weighted by atomic mass is 16.5. The van der Waals surface area contributed by atoms with Crippen LogP contribution < -0.4 is 5.32 Å². The standard InChI is InChI=1S/C19H23NO6/c1-2-23-11-15-14-7-3-4-8-16(14)26-18(15)19(22)25-12-17(21)20-10-13-6-5-9-24-13/h3-4,7-8,13H,2,5-6,9-12H2,1H3,(H,20,21)/t13-/m1/s1. The zero-order chi connectivity index (χ0) is 18.4. The number of carbonyl (C=O) groups excluding carboxylic acids is 2. The lowest BCUT2D eigenvalue weighted by atomic mass is 10.1. The molecule has 2 aromatic rings. The number of carbonyl (C=O) groups is 2. The molecule has 1 atom stereocenters.